The SMILES string of the molecule is O=C(ON1C(=O)CCC1=O)C1CCC(CN2C(=O)c3cccc([N+](=O)[O-])c3C2=O)CC1. The summed E-state index contributed by atoms with van der Waals surface area (Å²) in [6.45, 7) is 0.106. The van der Waals surface area contributed by atoms with Gasteiger partial charge in [0.15, 0.2) is 0 Å². The van der Waals surface area contributed by atoms with Crippen LogP contribution in [-0.4, -0.2) is 51.0 Å². The summed E-state index contributed by atoms with van der Waals surface area (Å²) in [6.07, 6.45) is 1.94. The quantitative estimate of drug-likeness (QED) is 0.390. The minimum Gasteiger partial charge on any atom is -0.330 e. The van der Waals surface area contributed by atoms with E-state index < -0.39 is 46.1 Å². The molecule has 31 heavy (non-hydrogen) atoms. The summed E-state index contributed by atoms with van der Waals surface area (Å²) in [4.78, 5) is 77.3. The summed E-state index contributed by atoms with van der Waals surface area (Å²) < 4.78 is 0. The largest absolute Gasteiger partial charge is 0.336 e. The lowest BCUT2D eigenvalue weighted by Crippen LogP contribution is -2.38. The summed E-state index contributed by atoms with van der Waals surface area (Å²) in [5.41, 5.74) is -0.554. The summed E-state index contributed by atoms with van der Waals surface area (Å²) in [5.74, 6) is -3.51. The van der Waals surface area contributed by atoms with E-state index in [1.165, 1.54) is 18.2 Å². The molecule has 11 nitrogen and oxygen atoms in total. The molecule has 162 valence electrons. The molecule has 1 aromatic rings. The van der Waals surface area contributed by atoms with Crippen molar-refractivity contribution in [2.75, 3.05) is 6.54 Å². The third-order valence-electron chi connectivity index (χ3n) is 5.98. The van der Waals surface area contributed by atoms with Gasteiger partial charge in [0.2, 0.25) is 0 Å². The first-order valence-corrected chi connectivity index (χ1v) is 9.99. The van der Waals surface area contributed by atoms with Crippen LogP contribution in [0.1, 0.15) is 59.2 Å². The molecular weight excluding hydrogens is 410 g/mol. The number of carbonyl (C=O) groups excluding carboxylic acids is 5. The average Bonchev–Trinajstić information content (AvgIpc) is 3.20. The number of amides is 4. The van der Waals surface area contributed by atoms with Crippen molar-refractivity contribution >= 4 is 35.3 Å². The first kappa shape index (κ1) is 20.6. The number of nitrogens with zero attached hydrogens (tertiary/aromatic N) is 3. The zero-order valence-corrected chi connectivity index (χ0v) is 16.4. The molecule has 4 rings (SSSR count). The van der Waals surface area contributed by atoms with Crippen molar-refractivity contribution in [1.29, 1.82) is 0 Å². The smallest absolute Gasteiger partial charge is 0.330 e. The van der Waals surface area contributed by atoms with Crippen molar-refractivity contribution in [3.05, 3.63) is 39.4 Å². The number of nitro groups is 1. The number of fused-ring (bicyclic) bond motifs is 1. The van der Waals surface area contributed by atoms with Crippen molar-refractivity contribution in [1.82, 2.24) is 9.96 Å². The van der Waals surface area contributed by atoms with E-state index in [1.54, 1.807) is 0 Å². The van der Waals surface area contributed by atoms with Gasteiger partial charge in [0.1, 0.15) is 5.56 Å². The Morgan fingerprint density at radius 1 is 1.03 bits per heavy atom. The number of rotatable bonds is 5. The van der Waals surface area contributed by atoms with Gasteiger partial charge < -0.3 is 4.84 Å². The highest BCUT2D eigenvalue weighted by atomic mass is 16.7. The fourth-order valence-electron chi connectivity index (χ4n) is 4.29. The molecular formula is C20H19N3O8. The highest BCUT2D eigenvalue weighted by Crippen LogP contribution is 2.35. The molecule has 2 heterocycles. The van der Waals surface area contributed by atoms with E-state index in [-0.39, 0.29) is 36.4 Å². The number of imide groups is 2. The van der Waals surface area contributed by atoms with Crippen LogP contribution in [0, 0.1) is 22.0 Å². The number of carbonyl (C=O) groups is 5. The third-order valence-corrected chi connectivity index (χ3v) is 5.98. The molecule has 0 atom stereocenters. The van der Waals surface area contributed by atoms with Crippen molar-refractivity contribution < 1.29 is 33.7 Å². The van der Waals surface area contributed by atoms with E-state index in [2.05, 4.69) is 0 Å². The number of benzene rings is 1. The van der Waals surface area contributed by atoms with Gasteiger partial charge in [-0.25, -0.2) is 4.79 Å². The molecule has 1 saturated heterocycles. The lowest BCUT2D eigenvalue weighted by atomic mass is 9.82. The molecule has 1 saturated carbocycles. The normalized spacial score (nSPS) is 23.4. The number of hydrogen-bond acceptors (Lipinski definition) is 8. The van der Waals surface area contributed by atoms with Gasteiger partial charge in [0, 0.05) is 25.5 Å². The lowest BCUT2D eigenvalue weighted by molar-refractivity contribution is -0.385. The molecule has 0 bridgehead atoms. The molecule has 0 unspecified atom stereocenters. The Balaban J connectivity index is 1.36. The second-order valence-corrected chi connectivity index (χ2v) is 7.89. The van der Waals surface area contributed by atoms with Crippen molar-refractivity contribution in [2.45, 2.75) is 38.5 Å². The van der Waals surface area contributed by atoms with E-state index in [0.717, 1.165) is 4.90 Å². The van der Waals surface area contributed by atoms with Gasteiger partial charge in [-0.05, 0) is 37.7 Å². The Kier molecular flexibility index (Phi) is 5.25. The second kappa shape index (κ2) is 7.89. The predicted octanol–water partition coefficient (Wildman–Crippen LogP) is 1.60. The molecule has 0 N–H and O–H groups in total. The van der Waals surface area contributed by atoms with Gasteiger partial charge in [-0.1, -0.05) is 6.07 Å². The molecule has 2 fully saturated rings. The van der Waals surface area contributed by atoms with E-state index in [9.17, 15) is 34.1 Å². The van der Waals surface area contributed by atoms with Gasteiger partial charge >= 0.3 is 5.97 Å². The highest BCUT2D eigenvalue weighted by molar-refractivity contribution is 6.23. The molecule has 0 aromatic heterocycles. The van der Waals surface area contributed by atoms with E-state index in [4.69, 9.17) is 4.84 Å². The van der Waals surface area contributed by atoms with Crippen LogP contribution in [0.25, 0.3) is 0 Å². The summed E-state index contributed by atoms with van der Waals surface area (Å²) in [5, 5.41) is 11.7. The van der Waals surface area contributed by atoms with Crippen molar-refractivity contribution in [3.8, 4) is 0 Å². The van der Waals surface area contributed by atoms with Gasteiger partial charge in [-0.15, -0.1) is 5.06 Å². The van der Waals surface area contributed by atoms with Gasteiger partial charge in [-0.2, -0.15) is 0 Å². The molecule has 1 aromatic carbocycles. The molecule has 3 aliphatic rings. The van der Waals surface area contributed by atoms with Crippen LogP contribution in [0.3, 0.4) is 0 Å². The van der Waals surface area contributed by atoms with E-state index >= 15 is 0 Å². The van der Waals surface area contributed by atoms with Crippen LogP contribution < -0.4 is 0 Å². The van der Waals surface area contributed by atoms with E-state index in [1.807, 2.05) is 0 Å². The van der Waals surface area contributed by atoms with Crippen LogP contribution in [0.15, 0.2) is 18.2 Å². The Morgan fingerprint density at radius 3 is 2.29 bits per heavy atom. The van der Waals surface area contributed by atoms with E-state index in [0.29, 0.717) is 30.7 Å². The molecule has 2 aliphatic heterocycles. The Hall–Kier alpha value is -3.63. The maximum absolute atomic E-state index is 12.7. The lowest BCUT2D eigenvalue weighted by Gasteiger charge is -2.29. The van der Waals surface area contributed by atoms with Crippen molar-refractivity contribution in [3.63, 3.8) is 0 Å². The predicted molar refractivity (Wildman–Crippen MR) is 101 cm³/mol. The summed E-state index contributed by atoms with van der Waals surface area (Å²) in [6, 6.07) is 3.97. The molecule has 1 aliphatic carbocycles. The Morgan fingerprint density at radius 2 is 1.68 bits per heavy atom. The standard InChI is InChI=1S/C20H19N3O8/c24-15-8-9-16(25)22(15)31-20(28)12-6-4-11(5-7-12)10-21-18(26)13-2-1-3-14(23(29)30)17(13)19(21)27/h1-3,11-12H,4-10H2. The minimum atomic E-state index is -0.681. The molecule has 11 heteroatoms. The van der Waals surface area contributed by atoms with Crippen LogP contribution in [0.4, 0.5) is 5.69 Å². The maximum Gasteiger partial charge on any atom is 0.336 e. The van der Waals surface area contributed by atoms with Crippen molar-refractivity contribution in [2.24, 2.45) is 11.8 Å². The first-order chi connectivity index (χ1) is 14.8. The van der Waals surface area contributed by atoms with Crippen LogP contribution in [0.5, 0.6) is 0 Å². The maximum atomic E-state index is 12.7. The van der Waals surface area contributed by atoms with Crippen LogP contribution in [0.2, 0.25) is 0 Å². The summed E-state index contributed by atoms with van der Waals surface area (Å²) >= 11 is 0. The van der Waals surface area contributed by atoms with Crippen LogP contribution in [-0.2, 0) is 19.2 Å². The highest BCUT2D eigenvalue weighted by Gasteiger charge is 2.42. The fraction of sp³-hybridized carbons (Fsp3) is 0.450. The third kappa shape index (κ3) is 3.66. The van der Waals surface area contributed by atoms with Gasteiger partial charge in [-0.3, -0.25) is 34.2 Å². The molecule has 0 spiro atoms. The average molecular weight is 429 g/mol. The topological polar surface area (TPSA) is 144 Å². The number of nitro benzene ring substituents is 1. The molecule has 0 radical (unpaired) electrons. The number of hydroxylamine groups is 2. The second-order valence-electron chi connectivity index (χ2n) is 7.89. The van der Waals surface area contributed by atoms with Gasteiger partial charge in [0.25, 0.3) is 29.3 Å². The molecule has 4 amide bonds. The zero-order chi connectivity index (χ0) is 22.3. The zero-order valence-electron chi connectivity index (χ0n) is 16.4. The van der Waals surface area contributed by atoms with Crippen LogP contribution >= 0.6 is 0 Å². The Bertz CT molecular complexity index is 996. The Labute approximate surface area is 176 Å². The first-order valence-electron chi connectivity index (χ1n) is 9.99. The fourth-order valence-corrected chi connectivity index (χ4v) is 4.29. The number of hydrogen-bond donors (Lipinski definition) is 0. The monoisotopic (exact) mass is 429 g/mol. The van der Waals surface area contributed by atoms with Gasteiger partial charge in [0.05, 0.1) is 16.4 Å². The summed E-state index contributed by atoms with van der Waals surface area (Å²) in [7, 11) is 0. The minimum absolute atomic E-state index is 0.0245.